The lowest BCUT2D eigenvalue weighted by atomic mass is 9.94. The quantitative estimate of drug-likeness (QED) is 0.322. The summed E-state index contributed by atoms with van der Waals surface area (Å²) >= 11 is 0. The van der Waals surface area contributed by atoms with E-state index in [4.69, 9.17) is 0 Å². The second kappa shape index (κ2) is 8.08. The van der Waals surface area contributed by atoms with Gasteiger partial charge in [0.2, 0.25) is 0 Å². The number of fused-ring (bicyclic) bond motifs is 1. The number of H-pyrrole nitrogens is 1. The van der Waals surface area contributed by atoms with Crippen molar-refractivity contribution in [2.45, 2.75) is 6.92 Å². The smallest absolute Gasteiger partial charge is 0.256 e. The first-order chi connectivity index (χ1) is 15.6. The fourth-order valence-electron chi connectivity index (χ4n) is 3.98. The van der Waals surface area contributed by atoms with Gasteiger partial charge in [-0.05, 0) is 60.0 Å². The van der Waals surface area contributed by atoms with Crippen LogP contribution in [0.1, 0.15) is 22.4 Å². The monoisotopic (exact) mass is 417 g/mol. The van der Waals surface area contributed by atoms with Gasteiger partial charge in [-0.2, -0.15) is 0 Å². The molecule has 0 fully saturated rings. The number of aryl methyl sites for hydroxylation is 1. The van der Waals surface area contributed by atoms with Gasteiger partial charge in [-0.3, -0.25) is 4.79 Å². The fourth-order valence-corrected chi connectivity index (χ4v) is 3.98. The van der Waals surface area contributed by atoms with Crippen LogP contribution in [0.25, 0.3) is 28.5 Å². The van der Waals surface area contributed by atoms with Crippen LogP contribution in [0.5, 0.6) is 0 Å². The number of benzene rings is 3. The minimum absolute atomic E-state index is 0.0934. The molecule has 3 N–H and O–H groups in total. The lowest BCUT2D eigenvalue weighted by Crippen LogP contribution is -2.03. The van der Waals surface area contributed by atoms with Crippen LogP contribution >= 0.6 is 0 Å². The molecule has 0 aliphatic carbocycles. The van der Waals surface area contributed by atoms with Gasteiger partial charge in [-0.1, -0.05) is 60.7 Å². The predicted molar refractivity (Wildman–Crippen MR) is 133 cm³/mol. The van der Waals surface area contributed by atoms with Crippen molar-refractivity contribution in [3.05, 3.63) is 114 Å². The van der Waals surface area contributed by atoms with Crippen molar-refractivity contribution in [3.8, 4) is 11.1 Å². The van der Waals surface area contributed by atoms with Crippen LogP contribution in [0, 0.1) is 6.92 Å². The highest BCUT2D eigenvalue weighted by Gasteiger charge is 2.27. The topological polar surface area (TPSA) is 56.9 Å². The van der Waals surface area contributed by atoms with Crippen LogP contribution in [0.15, 0.2) is 91.6 Å². The Morgan fingerprint density at radius 2 is 1.78 bits per heavy atom. The van der Waals surface area contributed by atoms with Crippen LogP contribution in [-0.2, 0) is 4.79 Å². The van der Waals surface area contributed by atoms with E-state index in [1.54, 1.807) is 0 Å². The third-order valence-corrected chi connectivity index (χ3v) is 5.62. The van der Waals surface area contributed by atoms with Gasteiger partial charge in [0.1, 0.15) is 0 Å². The molecular weight excluding hydrogens is 394 g/mol. The molecule has 156 valence electrons. The van der Waals surface area contributed by atoms with E-state index in [0.29, 0.717) is 5.57 Å². The van der Waals surface area contributed by atoms with Crippen molar-refractivity contribution >= 4 is 34.6 Å². The van der Waals surface area contributed by atoms with E-state index < -0.39 is 0 Å². The van der Waals surface area contributed by atoms with Crippen molar-refractivity contribution in [1.29, 1.82) is 0 Å². The second-order valence-corrected chi connectivity index (χ2v) is 7.92. The molecule has 1 aromatic heterocycles. The molecule has 0 atom stereocenters. The molecule has 0 spiro atoms. The average molecular weight is 418 g/mol. The maximum absolute atomic E-state index is 12.7. The Morgan fingerprint density at radius 1 is 0.969 bits per heavy atom. The summed E-state index contributed by atoms with van der Waals surface area (Å²) in [6, 6.07) is 26.3. The molecule has 0 bridgehead atoms. The number of aromatic nitrogens is 1. The molecule has 3 aromatic carbocycles. The number of hydrogen-bond donors (Lipinski definition) is 3. The highest BCUT2D eigenvalue weighted by molar-refractivity contribution is 6.36. The summed E-state index contributed by atoms with van der Waals surface area (Å²) < 4.78 is 0. The standard InChI is InChI=1S/C28H23N3O/c1-18-11-13-20(14-12-18)19(2)30-23-7-3-6-21(16-23)24-9-4-10-26-27(24)25(28(32)31-26)17-22-8-5-15-29-22/h3-17,29-30H,2H2,1H3,(H,31,32)/b25-17-. The SMILES string of the molecule is C=C(Nc1cccc(-c2cccc3c2/C(=C/c2ccc[nH]2)C(=O)N3)c1)c1ccc(C)cc1. The summed E-state index contributed by atoms with van der Waals surface area (Å²) in [4.78, 5) is 15.9. The first kappa shape index (κ1) is 19.6. The van der Waals surface area contributed by atoms with Crippen molar-refractivity contribution in [2.24, 2.45) is 0 Å². The van der Waals surface area contributed by atoms with E-state index in [9.17, 15) is 4.79 Å². The van der Waals surface area contributed by atoms with E-state index in [2.05, 4.69) is 71.6 Å². The molecule has 1 aliphatic heterocycles. The molecule has 4 nitrogen and oxygen atoms in total. The fraction of sp³-hybridized carbons (Fsp3) is 0.0357. The number of hydrogen-bond acceptors (Lipinski definition) is 2. The van der Waals surface area contributed by atoms with Gasteiger partial charge < -0.3 is 15.6 Å². The van der Waals surface area contributed by atoms with Crippen LogP contribution in [0.2, 0.25) is 0 Å². The number of rotatable bonds is 5. The summed E-state index contributed by atoms with van der Waals surface area (Å²) in [5.41, 5.74) is 9.36. The zero-order valence-electron chi connectivity index (χ0n) is 17.8. The Morgan fingerprint density at radius 3 is 2.56 bits per heavy atom. The molecule has 5 rings (SSSR count). The molecule has 1 aliphatic rings. The average Bonchev–Trinajstić information content (AvgIpc) is 3.42. The third-order valence-electron chi connectivity index (χ3n) is 5.62. The number of carbonyl (C=O) groups is 1. The molecule has 0 saturated carbocycles. The zero-order chi connectivity index (χ0) is 22.1. The maximum Gasteiger partial charge on any atom is 0.256 e. The van der Waals surface area contributed by atoms with Crippen LogP contribution < -0.4 is 10.6 Å². The minimum atomic E-state index is -0.0934. The Balaban J connectivity index is 1.51. The van der Waals surface area contributed by atoms with Gasteiger partial charge in [-0.15, -0.1) is 0 Å². The normalized spacial score (nSPS) is 13.7. The molecule has 1 amide bonds. The Bertz CT molecular complexity index is 1350. The van der Waals surface area contributed by atoms with E-state index in [-0.39, 0.29) is 5.91 Å². The molecule has 32 heavy (non-hydrogen) atoms. The highest BCUT2D eigenvalue weighted by Crippen LogP contribution is 2.40. The summed E-state index contributed by atoms with van der Waals surface area (Å²) in [6.45, 7) is 6.26. The number of amides is 1. The lowest BCUT2D eigenvalue weighted by Gasteiger charge is -2.13. The highest BCUT2D eigenvalue weighted by atomic mass is 16.2. The summed E-state index contributed by atoms with van der Waals surface area (Å²) in [7, 11) is 0. The van der Waals surface area contributed by atoms with E-state index >= 15 is 0 Å². The summed E-state index contributed by atoms with van der Waals surface area (Å²) in [6.07, 6.45) is 3.74. The maximum atomic E-state index is 12.7. The predicted octanol–water partition coefficient (Wildman–Crippen LogP) is 6.57. The Kier molecular flexibility index (Phi) is 4.96. The first-order valence-electron chi connectivity index (χ1n) is 10.5. The Labute approximate surface area is 187 Å². The molecular formula is C28H23N3O. The first-order valence-corrected chi connectivity index (χ1v) is 10.5. The van der Waals surface area contributed by atoms with Crippen molar-refractivity contribution in [2.75, 3.05) is 10.6 Å². The molecule has 0 saturated heterocycles. The summed E-state index contributed by atoms with van der Waals surface area (Å²) in [5.74, 6) is -0.0934. The molecule has 4 aromatic rings. The largest absolute Gasteiger partial charge is 0.362 e. The van der Waals surface area contributed by atoms with Crippen molar-refractivity contribution < 1.29 is 4.79 Å². The van der Waals surface area contributed by atoms with Crippen LogP contribution in [0.3, 0.4) is 0 Å². The van der Waals surface area contributed by atoms with Crippen molar-refractivity contribution in [3.63, 3.8) is 0 Å². The van der Waals surface area contributed by atoms with Gasteiger partial charge in [0.25, 0.3) is 5.91 Å². The Hall–Kier alpha value is -4.31. The van der Waals surface area contributed by atoms with Crippen LogP contribution in [-0.4, -0.2) is 10.9 Å². The van der Waals surface area contributed by atoms with Gasteiger partial charge in [0.05, 0.1) is 5.57 Å². The van der Waals surface area contributed by atoms with Crippen LogP contribution in [0.4, 0.5) is 11.4 Å². The molecule has 4 heteroatoms. The number of aromatic amines is 1. The molecule has 0 radical (unpaired) electrons. The van der Waals surface area contributed by atoms with Gasteiger partial charge in [0.15, 0.2) is 0 Å². The zero-order valence-corrected chi connectivity index (χ0v) is 17.8. The molecule has 0 unspecified atom stereocenters. The molecule has 2 heterocycles. The second-order valence-electron chi connectivity index (χ2n) is 7.92. The summed E-state index contributed by atoms with van der Waals surface area (Å²) in [5, 5.41) is 6.41. The number of anilines is 2. The van der Waals surface area contributed by atoms with E-state index in [0.717, 1.165) is 45.0 Å². The number of nitrogens with one attached hydrogen (secondary N) is 3. The van der Waals surface area contributed by atoms with Crippen molar-refractivity contribution in [1.82, 2.24) is 4.98 Å². The minimum Gasteiger partial charge on any atom is -0.362 e. The van der Waals surface area contributed by atoms with E-state index in [1.165, 1.54) is 5.56 Å². The lowest BCUT2D eigenvalue weighted by molar-refractivity contribution is -0.110. The van der Waals surface area contributed by atoms with Gasteiger partial charge in [0, 0.05) is 34.5 Å². The number of carbonyl (C=O) groups excluding carboxylic acids is 1. The van der Waals surface area contributed by atoms with Gasteiger partial charge >= 0.3 is 0 Å². The van der Waals surface area contributed by atoms with Gasteiger partial charge in [-0.25, -0.2) is 0 Å². The van der Waals surface area contributed by atoms with E-state index in [1.807, 2.05) is 48.7 Å². The third kappa shape index (κ3) is 3.74.